The van der Waals surface area contributed by atoms with Crippen molar-refractivity contribution in [2.24, 2.45) is 0 Å². The van der Waals surface area contributed by atoms with Crippen LogP contribution in [0.4, 0.5) is 0 Å². The first-order valence-corrected chi connectivity index (χ1v) is 9.09. The number of amides is 1. The normalized spacial score (nSPS) is 22.9. The van der Waals surface area contributed by atoms with Gasteiger partial charge in [-0.25, -0.2) is 0 Å². The molecule has 2 aliphatic heterocycles. The van der Waals surface area contributed by atoms with Gasteiger partial charge in [-0.05, 0) is 25.0 Å². The Hall–Kier alpha value is -1.04. The molecule has 4 nitrogen and oxygen atoms in total. The van der Waals surface area contributed by atoms with Crippen molar-refractivity contribution in [2.45, 2.75) is 23.8 Å². The highest BCUT2D eigenvalue weighted by Crippen LogP contribution is 2.18. The van der Waals surface area contributed by atoms with Crippen LogP contribution in [0.15, 0.2) is 35.2 Å². The van der Waals surface area contributed by atoms with Gasteiger partial charge in [0.05, 0.1) is 11.9 Å². The van der Waals surface area contributed by atoms with Gasteiger partial charge in [-0.15, -0.1) is 11.8 Å². The summed E-state index contributed by atoms with van der Waals surface area (Å²) in [5.74, 6) is 0.793. The van der Waals surface area contributed by atoms with E-state index in [2.05, 4.69) is 17.0 Å². The van der Waals surface area contributed by atoms with E-state index in [1.165, 1.54) is 12.8 Å². The van der Waals surface area contributed by atoms with Gasteiger partial charge >= 0.3 is 0 Å². The molecule has 3 rings (SSSR count). The lowest BCUT2D eigenvalue weighted by Crippen LogP contribution is -2.50. The molecule has 1 amide bonds. The van der Waals surface area contributed by atoms with Crippen LogP contribution in [0.1, 0.15) is 12.8 Å². The first kappa shape index (κ1) is 15.8. The van der Waals surface area contributed by atoms with Crippen LogP contribution < -0.4 is 0 Å². The van der Waals surface area contributed by atoms with Crippen LogP contribution in [0.5, 0.6) is 0 Å². The van der Waals surface area contributed by atoms with Crippen LogP contribution in [0.3, 0.4) is 0 Å². The lowest BCUT2D eigenvalue weighted by atomic mass is 10.2. The smallest absolute Gasteiger partial charge is 0.233 e. The van der Waals surface area contributed by atoms with Gasteiger partial charge in [-0.3, -0.25) is 9.69 Å². The van der Waals surface area contributed by atoms with Crippen molar-refractivity contribution in [1.82, 2.24) is 9.80 Å². The van der Waals surface area contributed by atoms with Crippen LogP contribution in [-0.4, -0.2) is 66.9 Å². The fourth-order valence-corrected chi connectivity index (χ4v) is 3.83. The quantitative estimate of drug-likeness (QED) is 0.778. The SMILES string of the molecule is O=C(CSc1ccccc1)N1CCN(CC2CCCO2)CC1. The molecule has 0 spiro atoms. The molecule has 2 fully saturated rings. The average molecular weight is 320 g/mol. The second-order valence-electron chi connectivity index (χ2n) is 5.92. The zero-order chi connectivity index (χ0) is 15.2. The van der Waals surface area contributed by atoms with Crippen molar-refractivity contribution in [1.29, 1.82) is 0 Å². The molecular weight excluding hydrogens is 296 g/mol. The average Bonchev–Trinajstić information content (AvgIpc) is 3.07. The maximum atomic E-state index is 12.3. The van der Waals surface area contributed by atoms with Crippen molar-refractivity contribution in [2.75, 3.05) is 45.1 Å². The number of rotatable bonds is 5. The maximum Gasteiger partial charge on any atom is 0.233 e. The van der Waals surface area contributed by atoms with Gasteiger partial charge < -0.3 is 9.64 Å². The number of thioether (sulfide) groups is 1. The lowest BCUT2D eigenvalue weighted by molar-refractivity contribution is -0.130. The molecule has 2 saturated heterocycles. The van der Waals surface area contributed by atoms with E-state index in [-0.39, 0.29) is 5.91 Å². The predicted octanol–water partition coefficient (Wildman–Crippen LogP) is 2.10. The van der Waals surface area contributed by atoms with Crippen LogP contribution in [0.25, 0.3) is 0 Å². The summed E-state index contributed by atoms with van der Waals surface area (Å²) in [4.78, 5) is 17.9. The first-order valence-electron chi connectivity index (χ1n) is 8.11. The molecule has 0 radical (unpaired) electrons. The number of hydrogen-bond donors (Lipinski definition) is 0. The number of benzene rings is 1. The third-order valence-corrected chi connectivity index (χ3v) is 5.31. The molecule has 22 heavy (non-hydrogen) atoms. The number of carbonyl (C=O) groups is 1. The van der Waals surface area contributed by atoms with Crippen LogP contribution in [0, 0.1) is 0 Å². The third-order valence-electron chi connectivity index (χ3n) is 4.32. The van der Waals surface area contributed by atoms with Crippen molar-refractivity contribution >= 4 is 17.7 Å². The molecule has 1 unspecified atom stereocenters. The van der Waals surface area contributed by atoms with Gasteiger partial charge in [0.25, 0.3) is 0 Å². The number of nitrogens with zero attached hydrogens (tertiary/aromatic N) is 2. The summed E-state index contributed by atoms with van der Waals surface area (Å²) in [7, 11) is 0. The number of piperazine rings is 1. The summed E-state index contributed by atoms with van der Waals surface area (Å²) in [6.07, 6.45) is 2.79. The fourth-order valence-electron chi connectivity index (χ4n) is 3.01. The molecule has 0 saturated carbocycles. The Morgan fingerprint density at radius 3 is 2.64 bits per heavy atom. The van der Waals surface area contributed by atoms with Gasteiger partial charge in [0.15, 0.2) is 0 Å². The van der Waals surface area contributed by atoms with Crippen LogP contribution >= 0.6 is 11.8 Å². The molecule has 0 bridgehead atoms. The van der Waals surface area contributed by atoms with E-state index in [1.807, 2.05) is 23.1 Å². The zero-order valence-corrected chi connectivity index (χ0v) is 13.8. The minimum absolute atomic E-state index is 0.255. The largest absolute Gasteiger partial charge is 0.377 e. The molecule has 2 heterocycles. The first-order chi connectivity index (χ1) is 10.8. The Kier molecular flexibility index (Phi) is 5.76. The van der Waals surface area contributed by atoms with E-state index in [1.54, 1.807) is 11.8 Å². The van der Waals surface area contributed by atoms with E-state index in [9.17, 15) is 4.79 Å². The van der Waals surface area contributed by atoms with E-state index in [0.717, 1.165) is 44.2 Å². The monoisotopic (exact) mass is 320 g/mol. The van der Waals surface area contributed by atoms with Crippen molar-refractivity contribution in [3.05, 3.63) is 30.3 Å². The summed E-state index contributed by atoms with van der Waals surface area (Å²) >= 11 is 1.62. The van der Waals surface area contributed by atoms with E-state index < -0.39 is 0 Å². The summed E-state index contributed by atoms with van der Waals surface area (Å²) in [5.41, 5.74) is 0. The minimum Gasteiger partial charge on any atom is -0.377 e. The van der Waals surface area contributed by atoms with Crippen molar-refractivity contribution in [3.63, 3.8) is 0 Å². The molecule has 1 aromatic carbocycles. The predicted molar refractivity (Wildman–Crippen MR) is 89.2 cm³/mol. The van der Waals surface area contributed by atoms with Crippen molar-refractivity contribution < 1.29 is 9.53 Å². The topological polar surface area (TPSA) is 32.8 Å². The Balaban J connectivity index is 1.38. The summed E-state index contributed by atoms with van der Waals surface area (Å²) < 4.78 is 5.69. The van der Waals surface area contributed by atoms with Crippen molar-refractivity contribution in [3.8, 4) is 0 Å². The molecule has 2 aliphatic rings. The lowest BCUT2D eigenvalue weighted by Gasteiger charge is -2.35. The molecule has 1 atom stereocenters. The summed E-state index contributed by atoms with van der Waals surface area (Å²) in [5, 5.41) is 0. The van der Waals surface area contributed by atoms with Crippen LogP contribution in [0.2, 0.25) is 0 Å². The second kappa shape index (κ2) is 7.99. The summed E-state index contributed by atoms with van der Waals surface area (Å²) in [6, 6.07) is 10.1. The Labute approximate surface area is 136 Å². The zero-order valence-electron chi connectivity index (χ0n) is 12.9. The molecule has 0 N–H and O–H groups in total. The second-order valence-corrected chi connectivity index (χ2v) is 6.97. The number of carbonyl (C=O) groups excluding carboxylic acids is 1. The molecular formula is C17H24N2O2S. The summed E-state index contributed by atoms with van der Waals surface area (Å²) in [6.45, 7) is 5.59. The van der Waals surface area contributed by atoms with E-state index >= 15 is 0 Å². The van der Waals surface area contributed by atoms with Gasteiger partial charge in [-0.2, -0.15) is 0 Å². The highest BCUT2D eigenvalue weighted by molar-refractivity contribution is 8.00. The Morgan fingerprint density at radius 1 is 1.18 bits per heavy atom. The van der Waals surface area contributed by atoms with Gasteiger partial charge in [-0.1, -0.05) is 18.2 Å². The third kappa shape index (κ3) is 4.48. The maximum absolute atomic E-state index is 12.3. The van der Waals surface area contributed by atoms with Gasteiger partial charge in [0.2, 0.25) is 5.91 Å². The molecule has 0 aliphatic carbocycles. The molecule has 5 heteroatoms. The van der Waals surface area contributed by atoms with Gasteiger partial charge in [0.1, 0.15) is 0 Å². The standard InChI is InChI=1S/C17H24N2O2S/c20-17(14-22-16-6-2-1-3-7-16)19-10-8-18(9-11-19)13-15-5-4-12-21-15/h1-3,6-7,15H,4-5,8-14H2. The highest BCUT2D eigenvalue weighted by atomic mass is 32.2. The number of ether oxygens (including phenoxy) is 1. The van der Waals surface area contributed by atoms with Crippen LogP contribution in [-0.2, 0) is 9.53 Å². The van der Waals surface area contributed by atoms with E-state index in [4.69, 9.17) is 4.74 Å². The molecule has 120 valence electrons. The Bertz CT molecular complexity index is 469. The molecule has 0 aromatic heterocycles. The minimum atomic E-state index is 0.255. The molecule has 1 aromatic rings. The highest BCUT2D eigenvalue weighted by Gasteiger charge is 2.24. The van der Waals surface area contributed by atoms with E-state index in [0.29, 0.717) is 11.9 Å². The number of hydrogen-bond acceptors (Lipinski definition) is 4. The van der Waals surface area contributed by atoms with Gasteiger partial charge in [0, 0.05) is 44.2 Å². The Morgan fingerprint density at radius 2 is 1.95 bits per heavy atom. The fraction of sp³-hybridized carbons (Fsp3) is 0.588.